The zero-order chi connectivity index (χ0) is 16.9. The molecule has 0 unspecified atom stereocenters. The van der Waals surface area contributed by atoms with E-state index in [-0.39, 0.29) is 5.92 Å². The Kier molecular flexibility index (Phi) is 3.06. The molecule has 0 radical (unpaired) electrons. The summed E-state index contributed by atoms with van der Waals surface area (Å²) in [6.07, 6.45) is 0. The van der Waals surface area contributed by atoms with Gasteiger partial charge in [0, 0.05) is 5.92 Å². The highest BCUT2D eigenvalue weighted by atomic mass is 16.3. The van der Waals surface area contributed by atoms with Crippen LogP contribution in [0, 0.1) is 0 Å². The van der Waals surface area contributed by atoms with E-state index in [1.54, 1.807) is 0 Å². The fourth-order valence-electron chi connectivity index (χ4n) is 4.39. The maximum atomic E-state index is 12.1. The Morgan fingerprint density at radius 3 is 2.00 bits per heavy atom. The summed E-state index contributed by atoms with van der Waals surface area (Å²) >= 11 is 0. The van der Waals surface area contributed by atoms with Gasteiger partial charge in [0.05, 0.1) is 0 Å². The van der Waals surface area contributed by atoms with E-state index in [9.17, 15) is 5.11 Å². The summed E-state index contributed by atoms with van der Waals surface area (Å²) in [4.78, 5) is 0. The Hall–Kier alpha value is -2.90. The van der Waals surface area contributed by atoms with Gasteiger partial charge in [-0.3, -0.25) is 0 Å². The van der Waals surface area contributed by atoms with Gasteiger partial charge in [0.1, 0.15) is 5.60 Å². The van der Waals surface area contributed by atoms with Crippen LogP contribution in [-0.2, 0) is 5.60 Å². The topological polar surface area (TPSA) is 20.2 Å². The summed E-state index contributed by atoms with van der Waals surface area (Å²) in [6.45, 7) is 0. The smallest absolute Gasteiger partial charge is 0.126 e. The first-order chi connectivity index (χ1) is 12.3. The molecule has 1 heteroatoms. The monoisotopic (exact) mass is 322 g/mol. The number of benzene rings is 4. The van der Waals surface area contributed by atoms with Crippen molar-refractivity contribution in [3.8, 4) is 0 Å². The van der Waals surface area contributed by atoms with Crippen LogP contribution in [0.15, 0.2) is 97.1 Å². The average molecular weight is 322 g/mol. The highest BCUT2D eigenvalue weighted by Gasteiger charge is 2.48. The van der Waals surface area contributed by atoms with Crippen molar-refractivity contribution in [3.63, 3.8) is 0 Å². The third-order valence-corrected chi connectivity index (χ3v) is 5.42. The van der Waals surface area contributed by atoms with Crippen molar-refractivity contribution in [1.29, 1.82) is 0 Å². The lowest BCUT2D eigenvalue weighted by Crippen LogP contribution is -2.31. The minimum absolute atomic E-state index is 0.114. The Labute approximate surface area is 147 Å². The van der Waals surface area contributed by atoms with E-state index in [4.69, 9.17) is 0 Å². The molecule has 0 spiro atoms. The summed E-state index contributed by atoms with van der Waals surface area (Å²) in [5, 5.41) is 14.5. The van der Waals surface area contributed by atoms with Crippen molar-refractivity contribution in [2.24, 2.45) is 0 Å². The fourth-order valence-corrected chi connectivity index (χ4v) is 4.39. The molecule has 5 rings (SSSR count). The molecule has 0 heterocycles. The van der Waals surface area contributed by atoms with E-state index in [0.717, 1.165) is 16.7 Å². The van der Waals surface area contributed by atoms with Crippen LogP contribution in [0.3, 0.4) is 0 Å². The Morgan fingerprint density at radius 1 is 0.640 bits per heavy atom. The van der Waals surface area contributed by atoms with Crippen LogP contribution in [0.5, 0.6) is 0 Å². The Morgan fingerprint density at radius 2 is 1.28 bits per heavy atom. The molecule has 25 heavy (non-hydrogen) atoms. The van der Waals surface area contributed by atoms with Crippen LogP contribution in [0.25, 0.3) is 10.8 Å². The summed E-state index contributed by atoms with van der Waals surface area (Å²) < 4.78 is 0. The second-order valence-electron chi connectivity index (χ2n) is 6.73. The predicted octanol–water partition coefficient (Wildman–Crippen LogP) is 5.22. The van der Waals surface area contributed by atoms with Crippen molar-refractivity contribution in [3.05, 3.63) is 119 Å². The van der Waals surface area contributed by atoms with Gasteiger partial charge in [-0.2, -0.15) is 0 Å². The van der Waals surface area contributed by atoms with Gasteiger partial charge in [0.25, 0.3) is 0 Å². The van der Waals surface area contributed by atoms with Gasteiger partial charge < -0.3 is 5.11 Å². The van der Waals surface area contributed by atoms with Gasteiger partial charge in [-0.1, -0.05) is 97.1 Å². The Balaban J connectivity index is 1.89. The quantitative estimate of drug-likeness (QED) is 0.536. The molecule has 1 N–H and O–H groups in total. The van der Waals surface area contributed by atoms with Gasteiger partial charge in [0.2, 0.25) is 0 Å². The summed E-state index contributed by atoms with van der Waals surface area (Å²) in [5.74, 6) is -0.114. The van der Waals surface area contributed by atoms with E-state index < -0.39 is 5.60 Å². The molecular weight excluding hydrogens is 304 g/mol. The molecule has 0 amide bonds. The molecule has 2 atom stereocenters. The highest BCUT2D eigenvalue weighted by molar-refractivity contribution is 5.94. The summed E-state index contributed by atoms with van der Waals surface area (Å²) in [6, 6.07) is 33.0. The van der Waals surface area contributed by atoms with E-state index in [2.05, 4.69) is 42.5 Å². The first-order valence-corrected chi connectivity index (χ1v) is 8.65. The average Bonchev–Trinajstić information content (AvgIpc) is 2.95. The largest absolute Gasteiger partial charge is 0.379 e. The minimum atomic E-state index is -1.06. The molecular formula is C24H18O. The molecule has 0 aliphatic heterocycles. The zero-order valence-electron chi connectivity index (χ0n) is 13.8. The SMILES string of the molecule is O[C@]1(c2ccccc2)c2cccc3cccc(c23)[C@@H]1c1ccccc1. The summed E-state index contributed by atoms with van der Waals surface area (Å²) in [7, 11) is 0. The second-order valence-corrected chi connectivity index (χ2v) is 6.73. The van der Waals surface area contributed by atoms with Gasteiger partial charge in [-0.05, 0) is 33.0 Å². The molecule has 1 aliphatic carbocycles. The maximum Gasteiger partial charge on any atom is 0.126 e. The lowest BCUT2D eigenvalue weighted by atomic mass is 9.76. The number of hydrogen-bond acceptors (Lipinski definition) is 1. The molecule has 120 valence electrons. The van der Waals surface area contributed by atoms with E-state index in [0.29, 0.717) is 0 Å². The van der Waals surface area contributed by atoms with Crippen LogP contribution < -0.4 is 0 Å². The second kappa shape index (κ2) is 5.30. The van der Waals surface area contributed by atoms with Crippen molar-refractivity contribution in [2.75, 3.05) is 0 Å². The van der Waals surface area contributed by atoms with E-state index >= 15 is 0 Å². The van der Waals surface area contributed by atoms with E-state index in [1.807, 2.05) is 54.6 Å². The zero-order valence-corrected chi connectivity index (χ0v) is 13.8. The standard InChI is InChI=1S/C24H18O/c25-24(19-13-5-2-6-14-19)21-16-8-12-17-11-7-15-20(22(17)21)23(24)18-9-3-1-4-10-18/h1-16,23,25H/t23-,24+/m0/s1. The van der Waals surface area contributed by atoms with Gasteiger partial charge >= 0.3 is 0 Å². The maximum absolute atomic E-state index is 12.1. The molecule has 4 aromatic carbocycles. The number of aliphatic hydroxyl groups is 1. The van der Waals surface area contributed by atoms with Crippen LogP contribution in [0.2, 0.25) is 0 Å². The third kappa shape index (κ3) is 1.93. The number of rotatable bonds is 2. The fraction of sp³-hybridized carbons (Fsp3) is 0.0833. The van der Waals surface area contributed by atoms with Crippen LogP contribution in [-0.4, -0.2) is 5.11 Å². The molecule has 0 saturated carbocycles. The third-order valence-electron chi connectivity index (χ3n) is 5.42. The first kappa shape index (κ1) is 14.4. The normalized spacial score (nSPS) is 21.6. The van der Waals surface area contributed by atoms with Crippen LogP contribution in [0.4, 0.5) is 0 Å². The minimum Gasteiger partial charge on any atom is -0.379 e. The van der Waals surface area contributed by atoms with E-state index in [1.165, 1.54) is 16.3 Å². The lowest BCUT2D eigenvalue weighted by molar-refractivity contribution is 0.0700. The number of hydrogen-bond donors (Lipinski definition) is 1. The molecule has 1 aliphatic rings. The molecule has 4 aromatic rings. The van der Waals surface area contributed by atoms with Crippen LogP contribution >= 0.6 is 0 Å². The molecule has 0 aromatic heterocycles. The van der Waals surface area contributed by atoms with Gasteiger partial charge in [-0.25, -0.2) is 0 Å². The predicted molar refractivity (Wildman–Crippen MR) is 102 cm³/mol. The van der Waals surface area contributed by atoms with Crippen molar-refractivity contribution in [1.82, 2.24) is 0 Å². The molecule has 0 fully saturated rings. The lowest BCUT2D eigenvalue weighted by Gasteiger charge is -2.33. The molecule has 0 bridgehead atoms. The summed E-state index contributed by atoms with van der Waals surface area (Å²) in [5.41, 5.74) is 3.21. The Bertz CT molecular complexity index is 1050. The van der Waals surface area contributed by atoms with Crippen molar-refractivity contribution in [2.45, 2.75) is 11.5 Å². The van der Waals surface area contributed by atoms with Gasteiger partial charge in [-0.15, -0.1) is 0 Å². The first-order valence-electron chi connectivity index (χ1n) is 8.65. The van der Waals surface area contributed by atoms with Crippen molar-refractivity contribution < 1.29 is 5.11 Å². The molecule has 0 saturated heterocycles. The van der Waals surface area contributed by atoms with Gasteiger partial charge in [0.15, 0.2) is 0 Å². The van der Waals surface area contributed by atoms with Crippen molar-refractivity contribution >= 4 is 10.8 Å². The highest BCUT2D eigenvalue weighted by Crippen LogP contribution is 2.55. The molecule has 1 nitrogen and oxygen atoms in total. The van der Waals surface area contributed by atoms with Crippen LogP contribution in [0.1, 0.15) is 28.2 Å².